The molecule has 114 valence electrons. The number of hydrogen-bond donors (Lipinski definition) is 1. The zero-order valence-corrected chi connectivity index (χ0v) is 12.4. The van der Waals surface area contributed by atoms with Crippen molar-refractivity contribution in [3.05, 3.63) is 18.2 Å². The Hall–Kier alpha value is -1.40. The summed E-state index contributed by atoms with van der Waals surface area (Å²) in [5.74, 6) is 0.542. The van der Waals surface area contributed by atoms with Crippen LogP contribution in [0.15, 0.2) is 12.4 Å². The smallest absolute Gasteiger partial charge is 0.290 e. The van der Waals surface area contributed by atoms with Gasteiger partial charge in [0.1, 0.15) is 0 Å². The molecule has 1 aromatic heterocycles. The van der Waals surface area contributed by atoms with Crippen LogP contribution in [0.3, 0.4) is 0 Å². The summed E-state index contributed by atoms with van der Waals surface area (Å²) in [5.41, 5.74) is -0.143. The second kappa shape index (κ2) is 4.81. The van der Waals surface area contributed by atoms with E-state index in [2.05, 4.69) is 10.3 Å². The number of nitrogens with one attached hydrogen (secondary N) is 1. The Kier molecular flexibility index (Phi) is 3.04. The summed E-state index contributed by atoms with van der Waals surface area (Å²) in [4.78, 5) is 18.8. The fourth-order valence-corrected chi connectivity index (χ4v) is 4.18. The summed E-state index contributed by atoms with van der Waals surface area (Å²) in [7, 11) is 1.86. The Morgan fingerprint density at radius 2 is 2.19 bits per heavy atom. The first kappa shape index (κ1) is 13.3. The Labute approximate surface area is 124 Å². The van der Waals surface area contributed by atoms with E-state index in [9.17, 15) is 4.79 Å². The molecule has 6 heteroatoms. The number of ether oxygens (including phenoxy) is 1. The molecule has 2 bridgehead atoms. The highest BCUT2D eigenvalue weighted by Gasteiger charge is 2.47. The highest BCUT2D eigenvalue weighted by Crippen LogP contribution is 2.38. The maximum atomic E-state index is 12.7. The van der Waals surface area contributed by atoms with E-state index < -0.39 is 0 Å². The average molecular weight is 290 g/mol. The molecule has 1 amide bonds. The summed E-state index contributed by atoms with van der Waals surface area (Å²) < 4.78 is 7.94. The van der Waals surface area contributed by atoms with E-state index in [1.807, 2.05) is 18.1 Å². The van der Waals surface area contributed by atoms with Crippen LogP contribution in [0.5, 0.6) is 0 Å². The maximum Gasteiger partial charge on any atom is 0.290 e. The summed E-state index contributed by atoms with van der Waals surface area (Å²) in [6.07, 6.45) is 8.01. The largest absolute Gasteiger partial charge is 0.371 e. The van der Waals surface area contributed by atoms with Crippen molar-refractivity contribution in [3.63, 3.8) is 0 Å². The maximum absolute atomic E-state index is 12.7. The van der Waals surface area contributed by atoms with Gasteiger partial charge >= 0.3 is 0 Å². The van der Waals surface area contributed by atoms with Crippen molar-refractivity contribution in [2.24, 2.45) is 7.05 Å². The predicted octanol–water partition coefficient (Wildman–Crippen LogP) is 0.546. The minimum Gasteiger partial charge on any atom is -0.371 e. The second-order valence-electron chi connectivity index (χ2n) is 6.67. The molecule has 1 aromatic rings. The van der Waals surface area contributed by atoms with Crippen LogP contribution in [0.25, 0.3) is 0 Å². The van der Waals surface area contributed by atoms with Gasteiger partial charge in [0, 0.05) is 38.1 Å². The van der Waals surface area contributed by atoms with Crippen LogP contribution in [0, 0.1) is 0 Å². The topological polar surface area (TPSA) is 59.4 Å². The molecule has 1 unspecified atom stereocenters. The van der Waals surface area contributed by atoms with Crippen molar-refractivity contribution < 1.29 is 9.53 Å². The van der Waals surface area contributed by atoms with Crippen molar-refractivity contribution in [1.82, 2.24) is 19.8 Å². The Morgan fingerprint density at radius 1 is 1.43 bits per heavy atom. The van der Waals surface area contributed by atoms with Gasteiger partial charge in [0.25, 0.3) is 5.91 Å². The van der Waals surface area contributed by atoms with Crippen LogP contribution in [0.4, 0.5) is 0 Å². The van der Waals surface area contributed by atoms with Crippen molar-refractivity contribution in [2.45, 2.75) is 43.4 Å². The van der Waals surface area contributed by atoms with Crippen molar-refractivity contribution in [1.29, 1.82) is 0 Å². The number of carbonyl (C=O) groups excluding carboxylic acids is 1. The number of piperidine rings is 1. The van der Waals surface area contributed by atoms with Gasteiger partial charge in [-0.05, 0) is 25.7 Å². The molecular weight excluding hydrogens is 268 g/mol. The van der Waals surface area contributed by atoms with Gasteiger partial charge < -0.3 is 19.5 Å². The lowest BCUT2D eigenvalue weighted by molar-refractivity contribution is -0.122. The van der Waals surface area contributed by atoms with E-state index in [0.29, 0.717) is 37.6 Å². The third-order valence-corrected chi connectivity index (χ3v) is 5.12. The summed E-state index contributed by atoms with van der Waals surface area (Å²) >= 11 is 0. The molecule has 4 rings (SSSR count). The second-order valence-corrected chi connectivity index (χ2v) is 6.67. The van der Waals surface area contributed by atoms with E-state index in [0.717, 1.165) is 12.8 Å². The third kappa shape index (κ3) is 2.26. The van der Waals surface area contributed by atoms with E-state index in [1.54, 1.807) is 10.8 Å². The number of rotatable bonds is 1. The summed E-state index contributed by atoms with van der Waals surface area (Å²) in [5, 5.41) is 3.64. The lowest BCUT2D eigenvalue weighted by Crippen LogP contribution is -2.60. The molecule has 1 N–H and O–H groups in total. The highest BCUT2D eigenvalue weighted by molar-refractivity contribution is 5.91. The molecule has 0 aliphatic carbocycles. The number of imidazole rings is 1. The normalized spacial score (nSPS) is 35.4. The Balaban J connectivity index is 1.53. The highest BCUT2D eigenvalue weighted by atomic mass is 16.5. The molecule has 0 aromatic carbocycles. The molecule has 0 saturated carbocycles. The average Bonchev–Trinajstić information content (AvgIpc) is 3.04. The van der Waals surface area contributed by atoms with Gasteiger partial charge in [-0.2, -0.15) is 0 Å². The van der Waals surface area contributed by atoms with E-state index in [4.69, 9.17) is 4.74 Å². The molecule has 3 saturated heterocycles. The molecular formula is C15H22N4O2. The van der Waals surface area contributed by atoms with Gasteiger partial charge in [0.2, 0.25) is 0 Å². The molecule has 0 radical (unpaired) electrons. The molecule has 3 atom stereocenters. The van der Waals surface area contributed by atoms with Crippen LogP contribution < -0.4 is 5.32 Å². The van der Waals surface area contributed by atoms with Gasteiger partial charge in [-0.3, -0.25) is 4.79 Å². The zero-order chi connectivity index (χ0) is 14.4. The van der Waals surface area contributed by atoms with E-state index >= 15 is 0 Å². The van der Waals surface area contributed by atoms with Crippen molar-refractivity contribution >= 4 is 5.91 Å². The molecule has 1 spiro atoms. The fourth-order valence-electron chi connectivity index (χ4n) is 4.18. The van der Waals surface area contributed by atoms with E-state index in [1.165, 1.54) is 12.8 Å². The van der Waals surface area contributed by atoms with Crippen molar-refractivity contribution in [3.8, 4) is 0 Å². The molecule has 21 heavy (non-hydrogen) atoms. The minimum atomic E-state index is -0.143. The quantitative estimate of drug-likeness (QED) is 0.820. The lowest BCUT2D eigenvalue weighted by atomic mass is 9.85. The van der Waals surface area contributed by atoms with Crippen LogP contribution >= 0.6 is 0 Å². The molecule has 4 heterocycles. The van der Waals surface area contributed by atoms with Crippen LogP contribution in [-0.2, 0) is 11.8 Å². The number of hydrogen-bond acceptors (Lipinski definition) is 4. The lowest BCUT2D eigenvalue weighted by Gasteiger charge is -2.47. The monoisotopic (exact) mass is 290 g/mol. The van der Waals surface area contributed by atoms with Gasteiger partial charge in [-0.15, -0.1) is 0 Å². The molecule has 3 aliphatic rings. The van der Waals surface area contributed by atoms with Gasteiger partial charge in [-0.1, -0.05) is 0 Å². The van der Waals surface area contributed by atoms with Crippen LogP contribution in [-0.4, -0.2) is 57.7 Å². The van der Waals surface area contributed by atoms with Gasteiger partial charge in [-0.25, -0.2) is 4.98 Å². The van der Waals surface area contributed by atoms with E-state index in [-0.39, 0.29) is 11.5 Å². The van der Waals surface area contributed by atoms with Crippen molar-refractivity contribution in [2.75, 3.05) is 19.7 Å². The minimum absolute atomic E-state index is 0.0241. The molecule has 3 aliphatic heterocycles. The number of carbonyl (C=O) groups is 1. The van der Waals surface area contributed by atoms with Gasteiger partial charge in [0.05, 0.1) is 18.8 Å². The number of aryl methyl sites for hydroxylation is 1. The third-order valence-electron chi connectivity index (χ3n) is 5.12. The SMILES string of the molecule is Cn1ccnc1C(=O)N1CCOC2(C[C@H]3CC[C@@H](C2)N3)C1. The molecule has 3 fully saturated rings. The van der Waals surface area contributed by atoms with Crippen LogP contribution in [0.1, 0.15) is 36.3 Å². The summed E-state index contributed by atoms with van der Waals surface area (Å²) in [6, 6.07) is 1.12. The number of amides is 1. The number of fused-ring (bicyclic) bond motifs is 2. The predicted molar refractivity (Wildman–Crippen MR) is 77.0 cm³/mol. The molecule has 6 nitrogen and oxygen atoms in total. The number of aromatic nitrogens is 2. The first-order chi connectivity index (χ1) is 10.2. The number of morpholine rings is 1. The zero-order valence-electron chi connectivity index (χ0n) is 12.4. The standard InChI is InChI=1S/C15H22N4O2/c1-18-5-4-16-13(18)14(20)19-6-7-21-15(10-19)8-11-2-3-12(9-15)17-11/h4-5,11-12,17H,2-3,6-10H2,1H3/t11-,12+,15?. The summed E-state index contributed by atoms with van der Waals surface area (Å²) in [6.45, 7) is 2.00. The van der Waals surface area contributed by atoms with Crippen LogP contribution in [0.2, 0.25) is 0 Å². The first-order valence-corrected chi connectivity index (χ1v) is 7.82. The number of nitrogens with zero attached hydrogens (tertiary/aromatic N) is 3. The first-order valence-electron chi connectivity index (χ1n) is 7.82. The Morgan fingerprint density at radius 3 is 2.86 bits per heavy atom. The Bertz CT molecular complexity index is 544. The van der Waals surface area contributed by atoms with Gasteiger partial charge in [0.15, 0.2) is 5.82 Å². The fraction of sp³-hybridized carbons (Fsp3) is 0.733.